The third-order valence-corrected chi connectivity index (χ3v) is 5.10. The Hall–Kier alpha value is -3.83. The van der Waals surface area contributed by atoms with Gasteiger partial charge in [-0.3, -0.25) is 24.5 Å². The lowest BCUT2D eigenvalue weighted by Gasteiger charge is -2.38. The van der Waals surface area contributed by atoms with Crippen molar-refractivity contribution in [3.8, 4) is 0 Å². The van der Waals surface area contributed by atoms with Gasteiger partial charge in [0, 0.05) is 12.3 Å². The first-order valence-electron chi connectivity index (χ1n) is 10.1. The van der Waals surface area contributed by atoms with Crippen molar-refractivity contribution >= 4 is 17.6 Å². The van der Waals surface area contributed by atoms with E-state index in [0.717, 1.165) is 18.2 Å². The summed E-state index contributed by atoms with van der Waals surface area (Å²) in [5.41, 5.74) is 7.98. The van der Waals surface area contributed by atoms with Crippen LogP contribution in [0.15, 0.2) is 48.4 Å². The molecule has 0 radical (unpaired) electrons. The van der Waals surface area contributed by atoms with Gasteiger partial charge in [-0.15, -0.1) is 0 Å². The molecule has 2 amide bonds. The Labute approximate surface area is 187 Å². The van der Waals surface area contributed by atoms with E-state index in [4.69, 9.17) is 5.73 Å². The predicted octanol–water partition coefficient (Wildman–Crippen LogP) is 1.86. The minimum Gasteiger partial charge on any atom is -0.384 e. The number of hydrogen-bond acceptors (Lipinski definition) is 6. The van der Waals surface area contributed by atoms with E-state index in [1.54, 1.807) is 6.92 Å². The van der Waals surface area contributed by atoms with E-state index in [1.807, 2.05) is 0 Å². The van der Waals surface area contributed by atoms with Gasteiger partial charge in [-0.2, -0.15) is 18.3 Å². The molecule has 1 aliphatic heterocycles. The highest BCUT2D eigenvalue weighted by atomic mass is 19.4. The Kier molecular flexibility index (Phi) is 6.75. The summed E-state index contributed by atoms with van der Waals surface area (Å²) < 4.78 is 40.0. The van der Waals surface area contributed by atoms with Gasteiger partial charge in [0.1, 0.15) is 12.5 Å². The average molecular weight is 464 g/mol. The Morgan fingerprint density at radius 3 is 2.64 bits per heavy atom. The summed E-state index contributed by atoms with van der Waals surface area (Å²) >= 11 is 0. The number of carbonyl (C=O) groups excluding carboxylic acids is 3. The van der Waals surface area contributed by atoms with E-state index in [9.17, 15) is 27.6 Å². The summed E-state index contributed by atoms with van der Waals surface area (Å²) in [7, 11) is 0. The van der Waals surface area contributed by atoms with Crippen molar-refractivity contribution in [2.75, 3.05) is 6.67 Å². The van der Waals surface area contributed by atoms with E-state index < -0.39 is 29.6 Å². The first kappa shape index (κ1) is 23.8. The molecular formula is C21H23F3N6O3. The molecule has 1 atom stereocenters. The summed E-state index contributed by atoms with van der Waals surface area (Å²) in [6.45, 7) is 3.04. The number of nitrogens with zero attached hydrogens (tertiary/aromatic N) is 4. The van der Waals surface area contributed by atoms with Crippen LogP contribution in [-0.4, -0.2) is 50.0 Å². The molecule has 0 fully saturated rings. The standard InChI is InChI=1S/C21H23F3N6O3/c1-3-17(13(2)31)29-12-30(18(25)10-19(29)32)27-20(33)16-7-8-28(26-16)11-14-5-4-6-15(9-14)21(22,23)24/h4-10,17H,3,11-12,25H2,1-2H3,(H,27,33). The van der Waals surface area contributed by atoms with Gasteiger partial charge < -0.3 is 10.6 Å². The Morgan fingerprint density at radius 2 is 2.00 bits per heavy atom. The number of aromatic nitrogens is 2. The van der Waals surface area contributed by atoms with Gasteiger partial charge in [-0.1, -0.05) is 19.1 Å². The maximum atomic E-state index is 12.9. The SMILES string of the molecule is CCC(C(C)=O)N1CN(NC(=O)c2ccn(Cc3cccc(C(F)(F)F)c3)n2)C(N)=CC1=O. The molecule has 176 valence electrons. The van der Waals surface area contributed by atoms with E-state index in [-0.39, 0.29) is 30.5 Å². The summed E-state index contributed by atoms with van der Waals surface area (Å²) in [5, 5.41) is 5.33. The Bertz CT molecular complexity index is 1090. The highest BCUT2D eigenvalue weighted by molar-refractivity contribution is 5.94. The molecule has 0 saturated heterocycles. The van der Waals surface area contributed by atoms with Gasteiger partial charge >= 0.3 is 6.18 Å². The number of benzene rings is 1. The second-order valence-electron chi connectivity index (χ2n) is 7.52. The van der Waals surface area contributed by atoms with Crippen LogP contribution in [0, 0.1) is 0 Å². The van der Waals surface area contributed by atoms with Crippen molar-refractivity contribution in [1.29, 1.82) is 0 Å². The van der Waals surface area contributed by atoms with Gasteiger partial charge in [0.25, 0.3) is 11.8 Å². The van der Waals surface area contributed by atoms with Crippen molar-refractivity contribution in [2.24, 2.45) is 5.73 Å². The lowest BCUT2D eigenvalue weighted by molar-refractivity contribution is -0.139. The van der Waals surface area contributed by atoms with Gasteiger partial charge in [0.2, 0.25) is 0 Å². The second-order valence-corrected chi connectivity index (χ2v) is 7.52. The van der Waals surface area contributed by atoms with E-state index in [2.05, 4.69) is 10.5 Å². The van der Waals surface area contributed by atoms with Crippen molar-refractivity contribution in [1.82, 2.24) is 25.1 Å². The number of halogens is 3. The number of rotatable bonds is 7. The zero-order valence-corrected chi connectivity index (χ0v) is 18.0. The lowest BCUT2D eigenvalue weighted by atomic mass is 10.1. The molecule has 0 bridgehead atoms. The molecule has 9 nitrogen and oxygen atoms in total. The monoisotopic (exact) mass is 464 g/mol. The molecule has 12 heteroatoms. The number of alkyl halides is 3. The molecule has 1 aliphatic rings. The normalized spacial score (nSPS) is 15.3. The molecule has 0 aliphatic carbocycles. The third kappa shape index (κ3) is 5.51. The fraction of sp³-hybridized carbons (Fsp3) is 0.333. The van der Waals surface area contributed by atoms with Crippen LogP contribution in [0.3, 0.4) is 0 Å². The van der Waals surface area contributed by atoms with Crippen LogP contribution in [0.4, 0.5) is 13.2 Å². The maximum Gasteiger partial charge on any atom is 0.416 e. The summed E-state index contributed by atoms with van der Waals surface area (Å²) in [6.07, 6.45) is -1.48. The molecule has 33 heavy (non-hydrogen) atoms. The lowest BCUT2D eigenvalue weighted by Crippen LogP contribution is -2.57. The first-order valence-corrected chi connectivity index (χ1v) is 10.1. The summed E-state index contributed by atoms with van der Waals surface area (Å²) in [4.78, 5) is 38.1. The van der Waals surface area contributed by atoms with Crippen LogP contribution in [-0.2, 0) is 22.3 Å². The maximum absolute atomic E-state index is 12.9. The topological polar surface area (TPSA) is 114 Å². The highest BCUT2D eigenvalue weighted by Gasteiger charge is 2.32. The minimum absolute atomic E-state index is 0.00293. The summed E-state index contributed by atoms with van der Waals surface area (Å²) in [5.74, 6) is -1.28. The predicted molar refractivity (Wildman–Crippen MR) is 111 cm³/mol. The molecule has 1 unspecified atom stereocenters. The molecule has 3 N–H and O–H groups in total. The van der Waals surface area contributed by atoms with Crippen molar-refractivity contribution in [2.45, 2.75) is 39.0 Å². The van der Waals surface area contributed by atoms with Crippen molar-refractivity contribution in [3.63, 3.8) is 0 Å². The van der Waals surface area contributed by atoms with Crippen LogP contribution in [0.25, 0.3) is 0 Å². The number of nitrogens with two attached hydrogens (primary N) is 1. The van der Waals surface area contributed by atoms with Crippen LogP contribution >= 0.6 is 0 Å². The van der Waals surface area contributed by atoms with Crippen molar-refractivity contribution in [3.05, 3.63) is 65.2 Å². The molecule has 0 spiro atoms. The Morgan fingerprint density at radius 1 is 1.27 bits per heavy atom. The molecule has 2 heterocycles. The number of nitrogens with one attached hydrogen (secondary N) is 1. The number of amides is 2. The second kappa shape index (κ2) is 9.35. The van der Waals surface area contributed by atoms with Gasteiger partial charge in [-0.05, 0) is 37.1 Å². The molecular weight excluding hydrogens is 441 g/mol. The highest BCUT2D eigenvalue weighted by Crippen LogP contribution is 2.29. The van der Waals surface area contributed by atoms with Crippen LogP contribution in [0.5, 0.6) is 0 Å². The van der Waals surface area contributed by atoms with E-state index >= 15 is 0 Å². The van der Waals surface area contributed by atoms with Crippen molar-refractivity contribution < 1.29 is 27.6 Å². The summed E-state index contributed by atoms with van der Waals surface area (Å²) in [6, 6.07) is 5.57. The molecule has 1 aromatic carbocycles. The number of Topliss-reactive ketones (excluding diaryl/α,β-unsaturated/α-hetero) is 1. The van der Waals surface area contributed by atoms with E-state index in [0.29, 0.717) is 12.0 Å². The smallest absolute Gasteiger partial charge is 0.384 e. The molecule has 3 rings (SSSR count). The van der Waals surface area contributed by atoms with Crippen LogP contribution < -0.4 is 11.2 Å². The van der Waals surface area contributed by atoms with E-state index in [1.165, 1.54) is 45.9 Å². The molecule has 2 aromatic rings. The Balaban J connectivity index is 1.70. The fourth-order valence-corrected chi connectivity index (χ4v) is 3.45. The van der Waals surface area contributed by atoms with Gasteiger partial charge in [-0.25, -0.2) is 5.01 Å². The number of ketones is 1. The van der Waals surface area contributed by atoms with Crippen LogP contribution in [0.1, 0.15) is 41.9 Å². The third-order valence-electron chi connectivity index (χ3n) is 5.10. The number of carbonyl (C=O) groups is 3. The molecule has 1 aromatic heterocycles. The first-order chi connectivity index (χ1) is 15.5. The number of hydrogen-bond donors (Lipinski definition) is 2. The van der Waals surface area contributed by atoms with Gasteiger partial charge in [0.15, 0.2) is 11.5 Å². The van der Waals surface area contributed by atoms with Gasteiger partial charge in [0.05, 0.1) is 18.2 Å². The average Bonchev–Trinajstić information content (AvgIpc) is 3.19. The minimum atomic E-state index is -4.46. The zero-order chi connectivity index (χ0) is 24.3. The fourth-order valence-electron chi connectivity index (χ4n) is 3.45. The van der Waals surface area contributed by atoms with Crippen LogP contribution in [0.2, 0.25) is 0 Å². The largest absolute Gasteiger partial charge is 0.416 e. The zero-order valence-electron chi connectivity index (χ0n) is 18.0. The molecule has 0 saturated carbocycles. The number of hydrazine groups is 1. The quantitative estimate of drug-likeness (QED) is 0.647.